The van der Waals surface area contributed by atoms with Gasteiger partial charge in [-0.3, -0.25) is 0 Å². The summed E-state index contributed by atoms with van der Waals surface area (Å²) in [6.07, 6.45) is 0. The quantitative estimate of drug-likeness (QED) is 0.552. The Morgan fingerprint density at radius 2 is 1.44 bits per heavy atom. The number of rotatable bonds is 4. The normalized spacial score (nSPS) is 12.2. The van der Waals surface area contributed by atoms with E-state index in [4.69, 9.17) is 0 Å². The van der Waals surface area contributed by atoms with Gasteiger partial charge < -0.3 is 0 Å². The molecule has 0 spiro atoms. The highest BCUT2D eigenvalue weighted by molar-refractivity contribution is 7.83. The van der Waals surface area contributed by atoms with E-state index in [-0.39, 0.29) is 0 Å². The predicted molar refractivity (Wildman–Crippen MR) is 77.6 cm³/mol. The van der Waals surface area contributed by atoms with Crippen LogP contribution in [-0.4, -0.2) is 18.0 Å². The second kappa shape index (κ2) is 5.10. The summed E-state index contributed by atoms with van der Waals surface area (Å²) in [4.78, 5) is 0. The standard InChI is InChI=1S/C14H23NP/c1-11(2)16(15-6,12(3)4)14-9-7-13(5)8-10-14/h7-12H,6H2,1-5H3/q+1. The van der Waals surface area contributed by atoms with Crippen LogP contribution >= 0.6 is 7.41 Å². The molecule has 0 aliphatic heterocycles. The van der Waals surface area contributed by atoms with Crippen LogP contribution in [0.2, 0.25) is 0 Å². The van der Waals surface area contributed by atoms with Gasteiger partial charge in [-0.25, -0.2) is 0 Å². The molecule has 0 amide bonds. The van der Waals surface area contributed by atoms with Crippen molar-refractivity contribution in [2.24, 2.45) is 4.76 Å². The third-order valence-electron chi connectivity index (χ3n) is 3.26. The molecule has 0 fully saturated rings. The maximum absolute atomic E-state index is 4.58. The highest BCUT2D eigenvalue weighted by atomic mass is 31.2. The number of hydrogen-bond acceptors (Lipinski definition) is 1. The molecule has 1 aromatic carbocycles. The van der Waals surface area contributed by atoms with E-state index < -0.39 is 7.41 Å². The van der Waals surface area contributed by atoms with E-state index in [1.54, 1.807) is 0 Å². The second-order valence-corrected chi connectivity index (χ2v) is 9.24. The van der Waals surface area contributed by atoms with E-state index in [9.17, 15) is 0 Å². The van der Waals surface area contributed by atoms with Gasteiger partial charge >= 0.3 is 0 Å². The number of benzene rings is 1. The molecule has 1 aromatic rings. The topological polar surface area (TPSA) is 12.4 Å². The molecule has 0 atom stereocenters. The maximum atomic E-state index is 4.58. The van der Waals surface area contributed by atoms with Crippen molar-refractivity contribution >= 4 is 19.4 Å². The van der Waals surface area contributed by atoms with Crippen LogP contribution in [0.25, 0.3) is 0 Å². The minimum atomic E-state index is -1.48. The minimum Gasteiger partial charge on any atom is -0.139 e. The number of aryl methyl sites for hydroxylation is 1. The Morgan fingerprint density at radius 1 is 1.00 bits per heavy atom. The van der Waals surface area contributed by atoms with Gasteiger partial charge in [-0.1, -0.05) is 17.7 Å². The van der Waals surface area contributed by atoms with Crippen molar-refractivity contribution in [2.45, 2.75) is 45.9 Å². The SMILES string of the molecule is C=N[P+](c1ccc(C)cc1)(C(C)C)C(C)C. The first-order valence-corrected chi connectivity index (χ1v) is 7.77. The van der Waals surface area contributed by atoms with Gasteiger partial charge in [-0.2, -0.15) is 0 Å². The zero-order chi connectivity index (χ0) is 12.3. The lowest BCUT2D eigenvalue weighted by molar-refractivity contribution is 0.990. The highest BCUT2D eigenvalue weighted by Gasteiger charge is 2.46. The molecule has 16 heavy (non-hydrogen) atoms. The molecule has 0 N–H and O–H groups in total. The molecule has 2 heteroatoms. The van der Waals surface area contributed by atoms with Crippen molar-refractivity contribution in [1.82, 2.24) is 0 Å². The van der Waals surface area contributed by atoms with Crippen LogP contribution < -0.4 is 5.30 Å². The van der Waals surface area contributed by atoms with Crippen molar-refractivity contribution < 1.29 is 0 Å². The first-order valence-electron chi connectivity index (χ1n) is 5.89. The molecule has 0 saturated carbocycles. The van der Waals surface area contributed by atoms with Crippen LogP contribution in [0.5, 0.6) is 0 Å². The molecular formula is C14H23NP+. The third-order valence-corrected chi connectivity index (χ3v) is 8.00. The van der Waals surface area contributed by atoms with E-state index in [1.807, 2.05) is 0 Å². The molecule has 88 valence electrons. The van der Waals surface area contributed by atoms with Gasteiger partial charge in [-0.15, -0.1) is 4.76 Å². The summed E-state index contributed by atoms with van der Waals surface area (Å²) in [6.45, 7) is 15.1. The molecule has 0 aromatic heterocycles. The number of nitrogens with zero attached hydrogens (tertiary/aromatic N) is 1. The zero-order valence-corrected chi connectivity index (χ0v) is 12.0. The zero-order valence-electron chi connectivity index (χ0n) is 11.1. The predicted octanol–water partition coefficient (Wildman–Crippen LogP) is 4.07. The fourth-order valence-corrected chi connectivity index (χ4v) is 6.21. The van der Waals surface area contributed by atoms with Crippen molar-refractivity contribution in [3.63, 3.8) is 0 Å². The summed E-state index contributed by atoms with van der Waals surface area (Å²) in [5, 5.41) is 1.39. The van der Waals surface area contributed by atoms with Crippen molar-refractivity contribution in [3.8, 4) is 0 Å². The Kier molecular flexibility index (Phi) is 4.27. The summed E-state index contributed by atoms with van der Waals surface area (Å²) in [5.74, 6) is 0. The van der Waals surface area contributed by atoms with Crippen LogP contribution in [-0.2, 0) is 0 Å². The van der Waals surface area contributed by atoms with Gasteiger partial charge in [0.05, 0.1) is 11.3 Å². The smallest absolute Gasteiger partial charge is 0.139 e. The van der Waals surface area contributed by atoms with Gasteiger partial charge in [-0.05, 0) is 46.8 Å². The van der Waals surface area contributed by atoms with Crippen LogP contribution in [0.4, 0.5) is 0 Å². The fraction of sp³-hybridized carbons (Fsp3) is 0.500. The van der Waals surface area contributed by atoms with Crippen LogP contribution in [0.3, 0.4) is 0 Å². The summed E-state index contributed by atoms with van der Waals surface area (Å²) >= 11 is 0. The monoisotopic (exact) mass is 236 g/mol. The summed E-state index contributed by atoms with van der Waals surface area (Å²) in [6, 6.07) is 8.83. The lowest BCUT2D eigenvalue weighted by Gasteiger charge is -2.28. The lowest BCUT2D eigenvalue weighted by atomic mass is 10.2. The summed E-state index contributed by atoms with van der Waals surface area (Å²) < 4.78 is 4.58. The molecule has 0 heterocycles. The van der Waals surface area contributed by atoms with Gasteiger partial charge in [0.25, 0.3) is 0 Å². The Morgan fingerprint density at radius 3 is 1.75 bits per heavy atom. The average Bonchev–Trinajstić information content (AvgIpc) is 2.21. The molecule has 0 radical (unpaired) electrons. The molecule has 0 saturated heterocycles. The van der Waals surface area contributed by atoms with E-state index in [1.165, 1.54) is 10.9 Å². The molecule has 0 bridgehead atoms. The average molecular weight is 236 g/mol. The van der Waals surface area contributed by atoms with Gasteiger partial charge in [0.2, 0.25) is 0 Å². The first kappa shape index (κ1) is 13.4. The van der Waals surface area contributed by atoms with E-state index in [0.29, 0.717) is 11.3 Å². The molecule has 1 rings (SSSR count). The maximum Gasteiger partial charge on any atom is 0.169 e. The second-order valence-electron chi connectivity index (χ2n) is 4.90. The summed E-state index contributed by atoms with van der Waals surface area (Å²) in [5.41, 5.74) is 2.43. The van der Waals surface area contributed by atoms with Crippen LogP contribution in [0.1, 0.15) is 33.3 Å². The minimum absolute atomic E-state index is 0.563. The molecule has 0 aliphatic rings. The fourth-order valence-electron chi connectivity index (χ4n) is 2.38. The van der Waals surface area contributed by atoms with Gasteiger partial charge in [0, 0.05) is 6.72 Å². The summed E-state index contributed by atoms with van der Waals surface area (Å²) in [7, 11) is -1.48. The van der Waals surface area contributed by atoms with Crippen LogP contribution in [0, 0.1) is 6.92 Å². The first-order chi connectivity index (χ1) is 7.45. The highest BCUT2D eigenvalue weighted by Crippen LogP contribution is 2.66. The third kappa shape index (κ3) is 2.20. The van der Waals surface area contributed by atoms with Gasteiger partial charge in [0.15, 0.2) is 7.41 Å². The Hall–Kier alpha value is -0.680. The molecule has 0 aliphatic carbocycles. The van der Waals surface area contributed by atoms with E-state index >= 15 is 0 Å². The largest absolute Gasteiger partial charge is 0.169 e. The van der Waals surface area contributed by atoms with Crippen LogP contribution in [0.15, 0.2) is 29.0 Å². The van der Waals surface area contributed by atoms with Crippen molar-refractivity contribution in [1.29, 1.82) is 0 Å². The Bertz CT molecular complexity index is 344. The molecule has 0 unspecified atom stereocenters. The van der Waals surface area contributed by atoms with Gasteiger partial charge in [0.1, 0.15) is 5.30 Å². The molecule has 1 nitrogen and oxygen atoms in total. The number of hydrogen-bond donors (Lipinski definition) is 0. The Balaban J connectivity index is 3.30. The lowest BCUT2D eigenvalue weighted by Crippen LogP contribution is -2.24. The van der Waals surface area contributed by atoms with E-state index in [0.717, 1.165) is 0 Å². The van der Waals surface area contributed by atoms with E-state index in [2.05, 4.69) is 70.4 Å². The van der Waals surface area contributed by atoms with Crippen molar-refractivity contribution in [2.75, 3.05) is 0 Å². The Labute approximate surface area is 100 Å². The molecular weight excluding hydrogens is 213 g/mol. The van der Waals surface area contributed by atoms with Crippen molar-refractivity contribution in [3.05, 3.63) is 29.8 Å².